The first-order chi connectivity index (χ1) is 7.27. The van der Waals surface area contributed by atoms with E-state index in [1.807, 2.05) is 0 Å². The lowest BCUT2D eigenvalue weighted by atomic mass is 10.2. The van der Waals surface area contributed by atoms with Crippen LogP contribution in [0.4, 0.5) is 5.69 Å². The zero-order chi connectivity index (χ0) is 10.7. The van der Waals surface area contributed by atoms with E-state index in [-0.39, 0.29) is 6.10 Å². The molecule has 0 amide bonds. The number of rotatable bonds is 3. The molecule has 82 valence electrons. The van der Waals surface area contributed by atoms with Crippen LogP contribution in [-0.4, -0.2) is 19.3 Å². The number of anilines is 1. The number of hydrogen-bond donors (Lipinski definition) is 1. The predicted octanol–water partition coefficient (Wildman–Crippen LogP) is 2.48. The monoisotopic (exact) mass is 227 g/mol. The minimum absolute atomic E-state index is 0.181. The second-order valence-electron chi connectivity index (χ2n) is 3.60. The zero-order valence-electron chi connectivity index (χ0n) is 8.41. The molecule has 0 unspecified atom stereocenters. The van der Waals surface area contributed by atoms with E-state index in [1.165, 1.54) is 0 Å². The van der Waals surface area contributed by atoms with Crippen LogP contribution in [0.5, 0.6) is 5.75 Å². The summed E-state index contributed by atoms with van der Waals surface area (Å²) in [7, 11) is 0. The fourth-order valence-electron chi connectivity index (χ4n) is 1.63. The molecule has 0 radical (unpaired) electrons. The highest BCUT2D eigenvalue weighted by atomic mass is 35.5. The van der Waals surface area contributed by atoms with Crippen LogP contribution in [0.2, 0.25) is 5.02 Å². The Morgan fingerprint density at radius 2 is 2.40 bits per heavy atom. The standard InChI is InChI=1S/C11H14ClNO2/c12-9-4-1-5-10(13)11(9)15-7-8-3-2-6-14-8/h1,4-5,8H,2-3,6-7,13H2/t8-/m1/s1. The van der Waals surface area contributed by atoms with Crippen molar-refractivity contribution in [2.45, 2.75) is 18.9 Å². The molecule has 0 saturated carbocycles. The van der Waals surface area contributed by atoms with Gasteiger partial charge in [0.25, 0.3) is 0 Å². The van der Waals surface area contributed by atoms with E-state index in [2.05, 4.69) is 0 Å². The topological polar surface area (TPSA) is 44.5 Å². The highest BCUT2D eigenvalue weighted by Crippen LogP contribution is 2.31. The number of nitrogen functional groups attached to an aromatic ring is 1. The summed E-state index contributed by atoms with van der Waals surface area (Å²) < 4.78 is 11.0. The molecule has 15 heavy (non-hydrogen) atoms. The van der Waals surface area contributed by atoms with Gasteiger partial charge in [0.15, 0.2) is 5.75 Å². The van der Waals surface area contributed by atoms with Crippen LogP contribution in [0.3, 0.4) is 0 Å². The van der Waals surface area contributed by atoms with Crippen LogP contribution < -0.4 is 10.5 Å². The van der Waals surface area contributed by atoms with E-state index in [4.69, 9.17) is 26.8 Å². The van der Waals surface area contributed by atoms with E-state index in [9.17, 15) is 0 Å². The van der Waals surface area contributed by atoms with Gasteiger partial charge in [0.2, 0.25) is 0 Å². The molecule has 4 heteroatoms. The molecule has 1 aliphatic heterocycles. The lowest BCUT2D eigenvalue weighted by molar-refractivity contribution is 0.0682. The second kappa shape index (κ2) is 4.73. The normalized spacial score (nSPS) is 20.5. The van der Waals surface area contributed by atoms with Gasteiger partial charge in [-0.1, -0.05) is 17.7 Å². The molecule has 1 aromatic rings. The van der Waals surface area contributed by atoms with Crippen molar-refractivity contribution in [1.29, 1.82) is 0 Å². The van der Waals surface area contributed by atoms with E-state index >= 15 is 0 Å². The largest absolute Gasteiger partial charge is 0.487 e. The van der Waals surface area contributed by atoms with Crippen molar-refractivity contribution >= 4 is 17.3 Å². The van der Waals surface area contributed by atoms with Gasteiger partial charge < -0.3 is 15.2 Å². The molecule has 0 aromatic heterocycles. The maximum Gasteiger partial charge on any atom is 0.160 e. The number of hydrogen-bond acceptors (Lipinski definition) is 3. The quantitative estimate of drug-likeness (QED) is 0.807. The van der Waals surface area contributed by atoms with Crippen molar-refractivity contribution in [3.63, 3.8) is 0 Å². The minimum atomic E-state index is 0.181. The third kappa shape index (κ3) is 2.55. The zero-order valence-corrected chi connectivity index (χ0v) is 9.17. The Kier molecular flexibility index (Phi) is 3.34. The van der Waals surface area contributed by atoms with Crippen LogP contribution in [0.25, 0.3) is 0 Å². The SMILES string of the molecule is Nc1cccc(Cl)c1OC[C@H]1CCCO1. The summed E-state index contributed by atoms with van der Waals surface area (Å²) in [5.41, 5.74) is 6.33. The third-order valence-corrected chi connectivity index (χ3v) is 2.73. The smallest absolute Gasteiger partial charge is 0.160 e. The molecule has 2 N–H and O–H groups in total. The number of nitrogens with two attached hydrogens (primary N) is 1. The Bertz CT molecular complexity index is 317. The van der Waals surface area contributed by atoms with Crippen LogP contribution in [0.1, 0.15) is 12.8 Å². The molecule has 0 spiro atoms. The average molecular weight is 228 g/mol. The van der Waals surface area contributed by atoms with Gasteiger partial charge in [-0.05, 0) is 25.0 Å². The van der Waals surface area contributed by atoms with Gasteiger partial charge in [0, 0.05) is 6.61 Å². The number of halogens is 1. The average Bonchev–Trinajstić information content (AvgIpc) is 2.70. The molecule has 1 aromatic carbocycles. The summed E-state index contributed by atoms with van der Waals surface area (Å²) >= 11 is 5.97. The summed E-state index contributed by atoms with van der Waals surface area (Å²) in [6, 6.07) is 5.34. The van der Waals surface area contributed by atoms with Crippen molar-refractivity contribution in [2.24, 2.45) is 0 Å². The van der Waals surface area contributed by atoms with Gasteiger partial charge >= 0.3 is 0 Å². The molecule has 0 bridgehead atoms. The number of para-hydroxylation sites is 1. The van der Waals surface area contributed by atoms with Gasteiger partial charge in [0.1, 0.15) is 6.61 Å². The van der Waals surface area contributed by atoms with Gasteiger partial charge in [-0.25, -0.2) is 0 Å². The summed E-state index contributed by atoms with van der Waals surface area (Å²) in [6.07, 6.45) is 2.33. The summed E-state index contributed by atoms with van der Waals surface area (Å²) in [5.74, 6) is 0.565. The first-order valence-electron chi connectivity index (χ1n) is 5.06. The van der Waals surface area contributed by atoms with Crippen LogP contribution in [0, 0.1) is 0 Å². The van der Waals surface area contributed by atoms with Crippen molar-refractivity contribution < 1.29 is 9.47 Å². The molecule has 2 rings (SSSR count). The fraction of sp³-hybridized carbons (Fsp3) is 0.455. The maximum atomic E-state index is 5.97. The number of benzene rings is 1. The molecule has 1 heterocycles. The van der Waals surface area contributed by atoms with Crippen molar-refractivity contribution in [1.82, 2.24) is 0 Å². The van der Waals surface area contributed by atoms with Gasteiger partial charge in [0.05, 0.1) is 16.8 Å². The van der Waals surface area contributed by atoms with Crippen LogP contribution in [0.15, 0.2) is 18.2 Å². The molecule has 1 atom stereocenters. The van der Waals surface area contributed by atoms with E-state index in [0.29, 0.717) is 23.1 Å². The van der Waals surface area contributed by atoms with E-state index < -0.39 is 0 Å². The Hall–Kier alpha value is -0.930. The summed E-state index contributed by atoms with van der Waals surface area (Å²) in [5, 5.41) is 0.549. The third-order valence-electron chi connectivity index (χ3n) is 2.43. The minimum Gasteiger partial charge on any atom is -0.487 e. The van der Waals surface area contributed by atoms with Gasteiger partial charge in [-0.2, -0.15) is 0 Å². The Labute approximate surface area is 94.1 Å². The van der Waals surface area contributed by atoms with Crippen molar-refractivity contribution in [3.8, 4) is 5.75 Å². The van der Waals surface area contributed by atoms with Crippen LogP contribution in [-0.2, 0) is 4.74 Å². The Balaban J connectivity index is 1.97. The molecule has 3 nitrogen and oxygen atoms in total. The van der Waals surface area contributed by atoms with Crippen LogP contribution >= 0.6 is 11.6 Å². The maximum absolute atomic E-state index is 5.97. The van der Waals surface area contributed by atoms with Gasteiger partial charge in [-0.15, -0.1) is 0 Å². The summed E-state index contributed by atoms with van der Waals surface area (Å²) in [6.45, 7) is 1.35. The Morgan fingerprint density at radius 1 is 1.53 bits per heavy atom. The first kappa shape index (κ1) is 10.6. The second-order valence-corrected chi connectivity index (χ2v) is 4.01. The molecule has 1 saturated heterocycles. The van der Waals surface area contributed by atoms with E-state index in [0.717, 1.165) is 19.4 Å². The first-order valence-corrected chi connectivity index (χ1v) is 5.43. The molecular formula is C11H14ClNO2. The Morgan fingerprint density at radius 3 is 3.07 bits per heavy atom. The van der Waals surface area contributed by atoms with Crippen molar-refractivity contribution in [2.75, 3.05) is 18.9 Å². The highest BCUT2D eigenvalue weighted by Gasteiger charge is 2.17. The molecular weight excluding hydrogens is 214 g/mol. The number of ether oxygens (including phenoxy) is 2. The summed E-state index contributed by atoms with van der Waals surface area (Å²) in [4.78, 5) is 0. The highest BCUT2D eigenvalue weighted by molar-refractivity contribution is 6.32. The molecule has 0 aliphatic carbocycles. The molecule has 1 aliphatic rings. The van der Waals surface area contributed by atoms with Gasteiger partial charge in [-0.3, -0.25) is 0 Å². The molecule has 1 fully saturated rings. The fourth-order valence-corrected chi connectivity index (χ4v) is 1.87. The lowest BCUT2D eigenvalue weighted by Gasteiger charge is -2.13. The van der Waals surface area contributed by atoms with E-state index in [1.54, 1.807) is 18.2 Å². The predicted molar refractivity (Wildman–Crippen MR) is 60.3 cm³/mol. The lowest BCUT2D eigenvalue weighted by Crippen LogP contribution is -2.16. The van der Waals surface area contributed by atoms with Crippen molar-refractivity contribution in [3.05, 3.63) is 23.2 Å².